The first-order valence-electron chi connectivity index (χ1n) is 6.86. The van der Waals surface area contributed by atoms with Crippen molar-refractivity contribution in [2.24, 2.45) is 0 Å². The minimum absolute atomic E-state index is 0.0397. The minimum Gasteiger partial charge on any atom is -0.508 e. The van der Waals surface area contributed by atoms with Crippen molar-refractivity contribution in [3.8, 4) is 11.5 Å². The van der Waals surface area contributed by atoms with Gasteiger partial charge in [0.1, 0.15) is 11.5 Å². The van der Waals surface area contributed by atoms with Gasteiger partial charge in [-0.25, -0.2) is 4.79 Å². The lowest BCUT2D eigenvalue weighted by molar-refractivity contribution is 0.0836. The van der Waals surface area contributed by atoms with Crippen molar-refractivity contribution < 1.29 is 19.8 Å². The Labute approximate surface area is 121 Å². The largest absolute Gasteiger partial charge is 0.508 e. The number of urea groups is 1. The van der Waals surface area contributed by atoms with Gasteiger partial charge in [-0.15, -0.1) is 0 Å². The molecule has 2 aliphatic rings. The van der Waals surface area contributed by atoms with Gasteiger partial charge >= 0.3 is 6.03 Å². The first-order valence-corrected chi connectivity index (χ1v) is 6.86. The lowest BCUT2D eigenvalue weighted by Gasteiger charge is -2.35. The molecule has 2 heterocycles. The molecule has 0 aromatic heterocycles. The van der Waals surface area contributed by atoms with Gasteiger partial charge in [-0.1, -0.05) is 0 Å². The molecule has 7 nitrogen and oxygen atoms in total. The molecule has 2 fully saturated rings. The van der Waals surface area contributed by atoms with Crippen molar-refractivity contribution in [2.45, 2.75) is 6.04 Å². The zero-order valence-electron chi connectivity index (χ0n) is 11.5. The van der Waals surface area contributed by atoms with Gasteiger partial charge in [0.15, 0.2) is 5.78 Å². The highest BCUT2D eigenvalue weighted by Gasteiger charge is 2.35. The highest BCUT2D eigenvalue weighted by Crippen LogP contribution is 2.23. The van der Waals surface area contributed by atoms with Crippen molar-refractivity contribution in [2.75, 3.05) is 32.7 Å². The number of aromatic hydroxyl groups is 2. The minimum atomic E-state index is -0.212. The zero-order chi connectivity index (χ0) is 15.0. The molecule has 21 heavy (non-hydrogen) atoms. The topological polar surface area (TPSA) is 93.1 Å². The Morgan fingerprint density at radius 1 is 1.33 bits per heavy atom. The molecule has 2 saturated heterocycles. The van der Waals surface area contributed by atoms with Crippen LogP contribution in [0.4, 0.5) is 4.79 Å². The van der Waals surface area contributed by atoms with Crippen LogP contribution in [0.3, 0.4) is 0 Å². The quantitative estimate of drug-likeness (QED) is 0.681. The number of benzene rings is 1. The smallest absolute Gasteiger partial charge is 0.317 e. The molecule has 1 atom stereocenters. The average molecular weight is 291 g/mol. The molecule has 1 unspecified atom stereocenters. The number of nitrogens with zero attached hydrogens (tertiary/aromatic N) is 2. The second-order valence-corrected chi connectivity index (χ2v) is 5.39. The fourth-order valence-corrected chi connectivity index (χ4v) is 2.86. The van der Waals surface area contributed by atoms with E-state index in [-0.39, 0.29) is 41.5 Å². The standard InChI is InChI=1S/C14H17N3O4/c18-10-1-2-11(12(19)5-10)13(20)8-16-3-4-17-9(7-16)6-15-14(17)21/h1-2,5,9,18-19H,3-4,6-8H2,(H,15,21). The highest BCUT2D eigenvalue weighted by molar-refractivity contribution is 6.00. The number of piperazine rings is 1. The van der Waals surface area contributed by atoms with Crippen molar-refractivity contribution in [3.63, 3.8) is 0 Å². The molecule has 7 heteroatoms. The summed E-state index contributed by atoms with van der Waals surface area (Å²) in [6.07, 6.45) is 0. The highest BCUT2D eigenvalue weighted by atomic mass is 16.3. The van der Waals surface area contributed by atoms with E-state index in [2.05, 4.69) is 5.32 Å². The number of carbonyl (C=O) groups excluding carboxylic acids is 2. The Morgan fingerprint density at radius 3 is 2.90 bits per heavy atom. The van der Waals surface area contributed by atoms with Crippen LogP contribution in [0.2, 0.25) is 0 Å². The summed E-state index contributed by atoms with van der Waals surface area (Å²) >= 11 is 0. The van der Waals surface area contributed by atoms with Crippen LogP contribution in [-0.2, 0) is 0 Å². The number of amides is 2. The second kappa shape index (κ2) is 5.25. The zero-order valence-corrected chi connectivity index (χ0v) is 11.5. The molecule has 1 aromatic carbocycles. The molecular formula is C14H17N3O4. The molecule has 0 aliphatic carbocycles. The summed E-state index contributed by atoms with van der Waals surface area (Å²) in [5.74, 6) is -0.484. The van der Waals surface area contributed by atoms with Crippen LogP contribution in [0.1, 0.15) is 10.4 Å². The lowest BCUT2D eigenvalue weighted by Crippen LogP contribution is -2.53. The summed E-state index contributed by atoms with van der Waals surface area (Å²) in [4.78, 5) is 27.5. The summed E-state index contributed by atoms with van der Waals surface area (Å²) in [7, 11) is 0. The molecule has 3 rings (SSSR count). The van der Waals surface area contributed by atoms with Crippen molar-refractivity contribution in [1.29, 1.82) is 0 Å². The molecule has 0 radical (unpaired) electrons. The van der Waals surface area contributed by atoms with Gasteiger partial charge in [0.25, 0.3) is 0 Å². The van der Waals surface area contributed by atoms with Gasteiger partial charge in [-0.3, -0.25) is 9.69 Å². The Kier molecular flexibility index (Phi) is 3.42. The van der Waals surface area contributed by atoms with E-state index in [0.29, 0.717) is 26.2 Å². The van der Waals surface area contributed by atoms with Gasteiger partial charge in [0, 0.05) is 32.2 Å². The Balaban J connectivity index is 1.64. The fraction of sp³-hybridized carbons (Fsp3) is 0.429. The third-order valence-electron chi connectivity index (χ3n) is 3.97. The molecule has 1 aromatic rings. The number of Topliss-reactive ketones (excluding diaryl/α,β-unsaturated/α-hetero) is 1. The number of hydrogen-bond acceptors (Lipinski definition) is 5. The maximum atomic E-state index is 12.2. The summed E-state index contributed by atoms with van der Waals surface area (Å²) in [5.41, 5.74) is 0.204. The number of carbonyl (C=O) groups is 2. The molecule has 3 N–H and O–H groups in total. The Hall–Kier alpha value is -2.28. The van der Waals surface area contributed by atoms with E-state index in [0.717, 1.165) is 6.07 Å². The van der Waals surface area contributed by atoms with Crippen LogP contribution >= 0.6 is 0 Å². The van der Waals surface area contributed by atoms with E-state index in [4.69, 9.17) is 0 Å². The number of rotatable bonds is 3. The van der Waals surface area contributed by atoms with E-state index < -0.39 is 0 Å². The predicted octanol–water partition coefficient (Wildman–Crippen LogP) is -0.0101. The molecule has 0 saturated carbocycles. The fourth-order valence-electron chi connectivity index (χ4n) is 2.86. The van der Waals surface area contributed by atoms with Gasteiger partial charge in [-0.2, -0.15) is 0 Å². The van der Waals surface area contributed by atoms with Gasteiger partial charge < -0.3 is 20.4 Å². The first-order chi connectivity index (χ1) is 10.0. The van der Waals surface area contributed by atoms with Crippen LogP contribution in [0.5, 0.6) is 11.5 Å². The summed E-state index contributed by atoms with van der Waals surface area (Å²) in [6, 6.07) is 4.02. The van der Waals surface area contributed by atoms with Crippen molar-refractivity contribution in [3.05, 3.63) is 23.8 Å². The normalized spacial score (nSPS) is 22.0. The monoisotopic (exact) mass is 291 g/mol. The summed E-state index contributed by atoms with van der Waals surface area (Å²) in [5, 5.41) is 21.7. The average Bonchev–Trinajstić information content (AvgIpc) is 2.80. The Morgan fingerprint density at radius 2 is 2.14 bits per heavy atom. The molecule has 112 valence electrons. The first kappa shape index (κ1) is 13.7. The lowest BCUT2D eigenvalue weighted by atomic mass is 10.1. The molecule has 2 amide bonds. The van der Waals surface area contributed by atoms with E-state index in [1.54, 1.807) is 4.90 Å². The van der Waals surface area contributed by atoms with Gasteiger partial charge in [0.2, 0.25) is 0 Å². The Bertz CT molecular complexity index is 590. The van der Waals surface area contributed by atoms with E-state index >= 15 is 0 Å². The molecule has 2 aliphatic heterocycles. The van der Waals surface area contributed by atoms with Crippen LogP contribution in [0, 0.1) is 0 Å². The SMILES string of the molecule is O=C(CN1CCN2C(=O)NCC2C1)c1ccc(O)cc1O. The van der Waals surface area contributed by atoms with E-state index in [9.17, 15) is 19.8 Å². The predicted molar refractivity (Wildman–Crippen MR) is 74.4 cm³/mol. The number of phenols is 2. The summed E-state index contributed by atoms with van der Waals surface area (Å²) < 4.78 is 0. The number of fused-ring (bicyclic) bond motifs is 1. The van der Waals surface area contributed by atoms with Crippen LogP contribution < -0.4 is 5.32 Å². The van der Waals surface area contributed by atoms with Crippen LogP contribution in [0.15, 0.2) is 18.2 Å². The third kappa shape index (κ3) is 2.64. The number of nitrogens with one attached hydrogen (secondary N) is 1. The van der Waals surface area contributed by atoms with E-state index in [1.807, 2.05) is 4.90 Å². The maximum Gasteiger partial charge on any atom is 0.317 e. The van der Waals surface area contributed by atoms with Crippen molar-refractivity contribution >= 4 is 11.8 Å². The van der Waals surface area contributed by atoms with Crippen LogP contribution in [0.25, 0.3) is 0 Å². The third-order valence-corrected chi connectivity index (χ3v) is 3.97. The molecule has 0 spiro atoms. The maximum absolute atomic E-state index is 12.2. The number of ketones is 1. The van der Waals surface area contributed by atoms with Gasteiger partial charge in [0.05, 0.1) is 18.2 Å². The number of hydrogen-bond donors (Lipinski definition) is 3. The second-order valence-electron chi connectivity index (χ2n) is 5.39. The molecular weight excluding hydrogens is 274 g/mol. The summed E-state index contributed by atoms with van der Waals surface area (Å²) in [6.45, 7) is 2.67. The van der Waals surface area contributed by atoms with E-state index in [1.165, 1.54) is 12.1 Å². The molecule has 0 bridgehead atoms. The number of phenolic OH excluding ortho intramolecular Hbond substituents is 2. The van der Waals surface area contributed by atoms with Gasteiger partial charge in [-0.05, 0) is 12.1 Å². The van der Waals surface area contributed by atoms with Crippen LogP contribution in [-0.4, -0.2) is 70.6 Å². The van der Waals surface area contributed by atoms with Crippen molar-refractivity contribution in [1.82, 2.24) is 15.1 Å².